The molecule has 4 aromatic carbocycles. The van der Waals surface area contributed by atoms with Crippen molar-refractivity contribution in [1.82, 2.24) is 4.57 Å². The van der Waals surface area contributed by atoms with E-state index in [9.17, 15) is 4.46 Å². The molecule has 6 rings (SSSR count). The summed E-state index contributed by atoms with van der Waals surface area (Å²) in [5, 5.41) is 0. The molecule has 2 aliphatic rings. The van der Waals surface area contributed by atoms with E-state index in [1.807, 2.05) is 43.4 Å². The van der Waals surface area contributed by atoms with E-state index in [0.717, 1.165) is 12.8 Å². The maximum atomic E-state index is 13.1. The first-order valence-electron chi connectivity index (χ1n) is 15.1. The van der Waals surface area contributed by atoms with Crippen molar-refractivity contribution in [3.8, 4) is 0 Å². The second-order valence-corrected chi connectivity index (χ2v) is 13.9. The molecule has 2 nitrogen and oxygen atoms in total. The largest absolute Gasteiger partial charge is 0.399 e. The number of nitrogens with zero attached hydrogens (tertiary/aromatic N) is 1. The average Bonchev–Trinajstić information content (AvgIpc) is 3.36. The van der Waals surface area contributed by atoms with Crippen LogP contribution in [0.1, 0.15) is 60.6 Å². The van der Waals surface area contributed by atoms with E-state index in [0.29, 0.717) is 6.04 Å². The number of allylic oxidation sites excluding steroid dienone is 6. The van der Waals surface area contributed by atoms with Gasteiger partial charge in [0.25, 0.3) is 0 Å². The second-order valence-electron chi connectivity index (χ2n) is 12.1. The number of fused-ring (bicyclic) bond motifs is 5. The summed E-state index contributed by atoms with van der Waals surface area (Å²) in [6.07, 6.45) is 12.5. The number of rotatable bonds is 6. The van der Waals surface area contributed by atoms with Crippen molar-refractivity contribution in [2.24, 2.45) is 0 Å². The van der Waals surface area contributed by atoms with Gasteiger partial charge in [0.2, 0.25) is 0 Å². The summed E-state index contributed by atoms with van der Waals surface area (Å²) in [6, 6.07) is 38.7. The Bertz CT molecular complexity index is 1650. The summed E-state index contributed by atoms with van der Waals surface area (Å²) in [5.41, 5.74) is 11.8. The van der Waals surface area contributed by atoms with Gasteiger partial charge in [-0.25, -0.2) is 0 Å². The molecule has 0 spiro atoms. The summed E-state index contributed by atoms with van der Waals surface area (Å²) in [4.78, 5) is 0. The molecule has 0 atom stereocenters. The van der Waals surface area contributed by atoms with Gasteiger partial charge in [-0.2, -0.15) is 0 Å². The van der Waals surface area contributed by atoms with E-state index in [-0.39, 0.29) is 27.3 Å². The summed E-state index contributed by atoms with van der Waals surface area (Å²) in [7, 11) is 0.137. The second kappa shape index (κ2) is 15.4. The number of benzene rings is 4. The molecule has 4 heteroatoms. The van der Waals surface area contributed by atoms with Crippen LogP contribution in [0.4, 0.5) is 0 Å². The third-order valence-electron chi connectivity index (χ3n) is 8.18. The Morgan fingerprint density at radius 1 is 0.705 bits per heavy atom. The maximum absolute atomic E-state index is 13.1. The molecule has 0 N–H and O–H groups in total. The zero-order valence-electron chi connectivity index (χ0n) is 26.3. The van der Waals surface area contributed by atoms with Crippen LogP contribution in [0.15, 0.2) is 133 Å². The van der Waals surface area contributed by atoms with Crippen LogP contribution >= 0.6 is 0 Å². The number of hydrogen-bond donors (Lipinski definition) is 0. The molecule has 0 bridgehead atoms. The Balaban J connectivity index is 0.000000223. The van der Waals surface area contributed by atoms with E-state index in [1.54, 1.807) is 0 Å². The van der Waals surface area contributed by atoms with E-state index in [4.69, 9.17) is 0 Å². The smallest absolute Gasteiger partial charge is 0.375 e. The standard InChI is InChI=1S/C24H27NOSi.C16H14.Ti/c1-24(2,3)25(4)27(26)16-19-13-14-22-20-11-7-5-9-17(20)15-18-10-6-8-12-21(18)23(19)22;1-3-9-15(10-4-1)13-7-8-14-16-11-5-2-6-12-16;/h5-12,14H,13,15-16H2,1-4H3;1-14H;. The predicted molar refractivity (Wildman–Crippen MR) is 185 cm³/mol. The topological polar surface area (TPSA) is 20.3 Å². The molecule has 0 fully saturated rings. The summed E-state index contributed by atoms with van der Waals surface area (Å²) in [5.74, 6) is 0. The molecule has 0 aliphatic heterocycles. The fraction of sp³-hybridized carbons (Fsp3) is 0.200. The number of hydrogen-bond acceptors (Lipinski definition) is 1. The third-order valence-corrected chi connectivity index (χ3v) is 10.3. The molecule has 0 aromatic heterocycles. The van der Waals surface area contributed by atoms with E-state index >= 15 is 0 Å². The van der Waals surface area contributed by atoms with Crippen molar-refractivity contribution < 1.29 is 26.2 Å². The Kier molecular flexibility index (Phi) is 11.6. The zero-order chi connectivity index (χ0) is 30.2. The molecule has 0 saturated heterocycles. The fourth-order valence-corrected chi connectivity index (χ4v) is 7.23. The van der Waals surface area contributed by atoms with Crippen LogP contribution in [0.5, 0.6) is 0 Å². The predicted octanol–water partition coefficient (Wildman–Crippen LogP) is 9.89. The molecule has 0 saturated carbocycles. The van der Waals surface area contributed by atoms with Crippen molar-refractivity contribution in [2.75, 3.05) is 7.05 Å². The van der Waals surface area contributed by atoms with Crippen LogP contribution in [0.3, 0.4) is 0 Å². The molecule has 0 amide bonds. The molecule has 0 unspecified atom stereocenters. The van der Waals surface area contributed by atoms with Crippen LogP contribution < -0.4 is 0 Å². The van der Waals surface area contributed by atoms with Crippen LogP contribution in [0.25, 0.3) is 23.3 Å². The van der Waals surface area contributed by atoms with Crippen molar-refractivity contribution in [2.45, 2.75) is 45.2 Å². The minimum absolute atomic E-state index is 0. The molecule has 0 heterocycles. The quantitative estimate of drug-likeness (QED) is 0.157. The van der Waals surface area contributed by atoms with Gasteiger partial charge in [0, 0.05) is 40.3 Å². The first-order valence-corrected chi connectivity index (χ1v) is 16.7. The van der Waals surface area contributed by atoms with E-state index in [2.05, 4.69) is 129 Å². The summed E-state index contributed by atoms with van der Waals surface area (Å²) < 4.78 is 15.2. The van der Waals surface area contributed by atoms with Crippen LogP contribution in [-0.4, -0.2) is 26.0 Å². The van der Waals surface area contributed by atoms with Gasteiger partial charge in [-0.05, 0) is 78.1 Å². The monoisotopic (exact) mass is 627 g/mol. The molecule has 0 radical (unpaired) electrons. The first-order chi connectivity index (χ1) is 20.8. The Hall–Kier alpha value is -3.63. The zero-order valence-corrected chi connectivity index (χ0v) is 28.8. The van der Waals surface area contributed by atoms with Gasteiger partial charge in [0.15, 0.2) is 0 Å². The van der Waals surface area contributed by atoms with Gasteiger partial charge in [-0.3, -0.25) is 0 Å². The molecule has 44 heavy (non-hydrogen) atoms. The van der Waals surface area contributed by atoms with Crippen molar-refractivity contribution in [1.29, 1.82) is 0 Å². The minimum Gasteiger partial charge on any atom is -0.375 e. The molecule has 220 valence electrons. The summed E-state index contributed by atoms with van der Waals surface area (Å²) in [6.45, 7) is 6.38. The molecular weight excluding hydrogens is 586 g/mol. The average molecular weight is 628 g/mol. The molecular formula is C40H41NOSiTi. The van der Waals surface area contributed by atoms with Crippen LogP contribution in [0.2, 0.25) is 6.04 Å². The SMILES string of the molecule is C(C=Cc1ccccc1)=Cc1ccccc1.CN([Si](=O)CC1=C2C(=CC1)c1ccccc1Cc1ccccc12)C(C)(C)C.[Ti]. The third kappa shape index (κ3) is 8.30. The van der Waals surface area contributed by atoms with E-state index in [1.165, 1.54) is 50.1 Å². The Morgan fingerprint density at radius 3 is 1.73 bits per heavy atom. The van der Waals surface area contributed by atoms with Crippen molar-refractivity contribution in [3.63, 3.8) is 0 Å². The first kappa shape index (κ1) is 33.3. The van der Waals surface area contributed by atoms with E-state index < -0.39 is 8.84 Å². The van der Waals surface area contributed by atoms with Gasteiger partial charge < -0.3 is 9.03 Å². The minimum atomic E-state index is -1.86. The van der Waals surface area contributed by atoms with Gasteiger partial charge in [0.05, 0.1) is 0 Å². The van der Waals surface area contributed by atoms with Crippen LogP contribution in [0, 0.1) is 0 Å². The van der Waals surface area contributed by atoms with Gasteiger partial charge in [-0.1, -0.05) is 145 Å². The van der Waals surface area contributed by atoms with Crippen LogP contribution in [-0.2, 0) is 32.6 Å². The van der Waals surface area contributed by atoms with Crippen molar-refractivity contribution in [3.05, 3.63) is 166 Å². The Labute approximate surface area is 280 Å². The normalized spacial score (nSPS) is 13.6. The fourth-order valence-electron chi connectivity index (χ4n) is 5.56. The van der Waals surface area contributed by atoms with Gasteiger partial charge >= 0.3 is 8.84 Å². The van der Waals surface area contributed by atoms with Crippen molar-refractivity contribution >= 4 is 32.1 Å². The van der Waals surface area contributed by atoms with Gasteiger partial charge in [-0.15, -0.1) is 0 Å². The summed E-state index contributed by atoms with van der Waals surface area (Å²) >= 11 is 0. The molecule has 2 aliphatic carbocycles. The maximum Gasteiger partial charge on any atom is 0.399 e. The van der Waals surface area contributed by atoms with Gasteiger partial charge in [0.1, 0.15) is 0 Å². The Morgan fingerprint density at radius 2 is 1.18 bits per heavy atom. The molecule has 4 aromatic rings.